The van der Waals surface area contributed by atoms with Crippen molar-refractivity contribution in [3.05, 3.63) is 65.9 Å². The molecule has 1 atom stereocenters. The van der Waals surface area contributed by atoms with Gasteiger partial charge in [-0.15, -0.1) is 0 Å². The fourth-order valence-electron chi connectivity index (χ4n) is 2.43. The summed E-state index contributed by atoms with van der Waals surface area (Å²) in [5, 5.41) is 21.1. The molecule has 26 heavy (non-hydrogen) atoms. The Morgan fingerprint density at radius 1 is 1.19 bits per heavy atom. The van der Waals surface area contributed by atoms with Crippen LogP contribution in [0.1, 0.15) is 24.1 Å². The van der Waals surface area contributed by atoms with Gasteiger partial charge in [-0.3, -0.25) is 5.41 Å². The van der Waals surface area contributed by atoms with Crippen molar-refractivity contribution in [3.8, 4) is 11.5 Å². The minimum absolute atomic E-state index is 0.0467. The Kier molecular flexibility index (Phi) is 5.50. The lowest BCUT2D eigenvalue weighted by molar-refractivity contribution is 0.271. The predicted molar refractivity (Wildman–Crippen MR) is 105 cm³/mol. The molecular formula is C19H20N4O2S. The van der Waals surface area contributed by atoms with Crippen LogP contribution in [0.15, 0.2) is 54.6 Å². The van der Waals surface area contributed by atoms with Crippen LogP contribution in [0.2, 0.25) is 0 Å². The van der Waals surface area contributed by atoms with Gasteiger partial charge < -0.3 is 20.9 Å². The van der Waals surface area contributed by atoms with E-state index >= 15 is 0 Å². The summed E-state index contributed by atoms with van der Waals surface area (Å²) in [6, 6.07) is 17.1. The molecule has 0 aliphatic carbocycles. The van der Waals surface area contributed by atoms with Crippen LogP contribution in [0.25, 0.3) is 0 Å². The third kappa shape index (κ3) is 4.01. The van der Waals surface area contributed by atoms with Crippen LogP contribution in [-0.4, -0.2) is 21.9 Å². The van der Waals surface area contributed by atoms with E-state index in [1.165, 1.54) is 11.5 Å². The summed E-state index contributed by atoms with van der Waals surface area (Å²) in [4.78, 5) is 0. The van der Waals surface area contributed by atoms with Crippen LogP contribution in [-0.2, 0) is 0 Å². The number of hydrogen-bond donors (Lipinski definition) is 4. The molecule has 0 saturated carbocycles. The highest BCUT2D eigenvalue weighted by molar-refractivity contribution is 7.10. The molecule has 6 nitrogen and oxygen atoms in total. The zero-order valence-corrected chi connectivity index (χ0v) is 15.1. The maximum Gasteiger partial charge on any atom is 0.127 e. The van der Waals surface area contributed by atoms with Gasteiger partial charge in [0.1, 0.15) is 22.3 Å². The number of rotatable bonds is 7. The number of para-hydroxylation sites is 1. The van der Waals surface area contributed by atoms with Gasteiger partial charge >= 0.3 is 0 Å². The van der Waals surface area contributed by atoms with Crippen LogP contribution in [0.4, 0.5) is 10.7 Å². The predicted octanol–water partition coefficient (Wildman–Crippen LogP) is 4.06. The summed E-state index contributed by atoms with van der Waals surface area (Å²) >= 11 is 1.23. The van der Waals surface area contributed by atoms with Gasteiger partial charge in [0.25, 0.3) is 0 Å². The zero-order valence-electron chi connectivity index (χ0n) is 14.3. The number of nitrogen functional groups attached to an aromatic ring is 1. The SMILES string of the molecule is C[C@@H](CO)c1nsc(Nc2ccc(Oc3ccccc3)cc2)c1C(=N)N. The highest BCUT2D eigenvalue weighted by Gasteiger charge is 2.20. The van der Waals surface area contributed by atoms with Crippen molar-refractivity contribution < 1.29 is 9.84 Å². The molecule has 1 aromatic heterocycles. The Bertz CT molecular complexity index is 878. The molecule has 5 N–H and O–H groups in total. The minimum Gasteiger partial charge on any atom is -0.457 e. The topological polar surface area (TPSA) is 104 Å². The molecule has 2 aromatic carbocycles. The molecule has 3 rings (SSSR count). The van der Waals surface area contributed by atoms with Crippen molar-refractivity contribution in [3.63, 3.8) is 0 Å². The Morgan fingerprint density at radius 3 is 2.46 bits per heavy atom. The number of aliphatic hydroxyl groups is 1. The molecule has 1 heterocycles. The van der Waals surface area contributed by atoms with Crippen LogP contribution in [0, 0.1) is 5.41 Å². The lowest BCUT2D eigenvalue weighted by Gasteiger charge is -2.10. The van der Waals surface area contributed by atoms with Gasteiger partial charge in [-0.05, 0) is 47.9 Å². The van der Waals surface area contributed by atoms with Crippen molar-refractivity contribution in [1.29, 1.82) is 5.41 Å². The third-order valence-electron chi connectivity index (χ3n) is 3.82. The summed E-state index contributed by atoms with van der Waals surface area (Å²) in [6.07, 6.45) is 0. The Morgan fingerprint density at radius 2 is 1.85 bits per heavy atom. The molecule has 0 fully saturated rings. The second-order valence-corrected chi connectivity index (χ2v) is 6.61. The van der Waals surface area contributed by atoms with Crippen LogP contribution >= 0.6 is 11.5 Å². The van der Waals surface area contributed by atoms with Crippen molar-refractivity contribution in [2.24, 2.45) is 5.73 Å². The summed E-state index contributed by atoms with van der Waals surface area (Å²) in [6.45, 7) is 1.80. The molecule has 134 valence electrons. The van der Waals surface area contributed by atoms with E-state index in [9.17, 15) is 5.11 Å². The first-order chi connectivity index (χ1) is 12.6. The summed E-state index contributed by atoms with van der Waals surface area (Å²) < 4.78 is 10.1. The van der Waals surface area contributed by atoms with Gasteiger partial charge in [-0.1, -0.05) is 25.1 Å². The lowest BCUT2D eigenvalue weighted by Crippen LogP contribution is -2.16. The van der Waals surface area contributed by atoms with Crippen molar-refractivity contribution in [2.45, 2.75) is 12.8 Å². The number of anilines is 2. The fraction of sp³-hybridized carbons (Fsp3) is 0.158. The van der Waals surface area contributed by atoms with Gasteiger partial charge in [0, 0.05) is 11.6 Å². The summed E-state index contributed by atoms with van der Waals surface area (Å²) in [7, 11) is 0. The van der Waals surface area contributed by atoms with Gasteiger partial charge in [-0.25, -0.2) is 0 Å². The smallest absolute Gasteiger partial charge is 0.127 e. The second kappa shape index (κ2) is 7.99. The largest absolute Gasteiger partial charge is 0.457 e. The van der Waals surface area contributed by atoms with E-state index in [0.717, 1.165) is 17.2 Å². The van der Waals surface area contributed by atoms with Gasteiger partial charge in [0.05, 0.1) is 17.9 Å². The first-order valence-electron chi connectivity index (χ1n) is 8.13. The van der Waals surface area contributed by atoms with Gasteiger partial charge in [0.15, 0.2) is 0 Å². The number of nitrogens with one attached hydrogen (secondary N) is 2. The molecule has 0 amide bonds. The second-order valence-electron chi connectivity index (χ2n) is 5.83. The Labute approximate surface area is 155 Å². The average Bonchev–Trinajstić information content (AvgIpc) is 3.07. The van der Waals surface area contributed by atoms with Gasteiger partial charge in [0.2, 0.25) is 0 Å². The maximum atomic E-state index is 9.36. The van der Waals surface area contributed by atoms with E-state index in [0.29, 0.717) is 16.3 Å². The molecule has 0 bridgehead atoms. The minimum atomic E-state index is -0.178. The highest BCUT2D eigenvalue weighted by Crippen LogP contribution is 2.32. The molecule has 0 aliphatic heterocycles. The van der Waals surface area contributed by atoms with Crippen molar-refractivity contribution in [2.75, 3.05) is 11.9 Å². The van der Waals surface area contributed by atoms with Crippen LogP contribution < -0.4 is 15.8 Å². The molecule has 7 heteroatoms. The Balaban J connectivity index is 1.77. The standard InChI is InChI=1S/C19H20N4O2S/c1-12(11-24)17-16(18(20)21)19(26-23-17)22-13-7-9-15(10-8-13)25-14-5-3-2-4-6-14/h2-10,12,22,24H,11H2,1H3,(H3,20,21)/t12-/m0/s1. The van der Waals surface area contributed by atoms with Gasteiger partial charge in [-0.2, -0.15) is 4.37 Å². The number of nitrogens with zero attached hydrogens (tertiary/aromatic N) is 1. The molecule has 0 radical (unpaired) electrons. The fourth-order valence-corrected chi connectivity index (χ4v) is 3.36. The monoisotopic (exact) mass is 368 g/mol. The van der Waals surface area contributed by atoms with E-state index < -0.39 is 0 Å². The number of benzene rings is 2. The third-order valence-corrected chi connectivity index (χ3v) is 4.60. The number of aromatic nitrogens is 1. The van der Waals surface area contributed by atoms with Crippen LogP contribution in [0.3, 0.4) is 0 Å². The molecule has 0 spiro atoms. The average molecular weight is 368 g/mol. The summed E-state index contributed by atoms with van der Waals surface area (Å²) in [5.41, 5.74) is 7.74. The Hall–Kier alpha value is -2.90. The maximum absolute atomic E-state index is 9.36. The number of aliphatic hydroxyl groups excluding tert-OH is 1. The molecule has 0 unspecified atom stereocenters. The van der Waals surface area contributed by atoms with E-state index in [2.05, 4.69) is 9.69 Å². The van der Waals surface area contributed by atoms with E-state index in [-0.39, 0.29) is 18.4 Å². The van der Waals surface area contributed by atoms with Crippen molar-refractivity contribution in [1.82, 2.24) is 4.37 Å². The first-order valence-corrected chi connectivity index (χ1v) is 8.90. The summed E-state index contributed by atoms with van der Waals surface area (Å²) in [5.74, 6) is 1.26. The number of nitrogens with two attached hydrogens (primary N) is 1. The van der Waals surface area contributed by atoms with E-state index in [1.54, 1.807) is 0 Å². The first kappa shape index (κ1) is 17.9. The molecule has 3 aromatic rings. The highest BCUT2D eigenvalue weighted by atomic mass is 32.1. The molecule has 0 aliphatic rings. The zero-order chi connectivity index (χ0) is 18.5. The van der Waals surface area contributed by atoms with Crippen molar-refractivity contribution >= 4 is 28.1 Å². The quantitative estimate of drug-likeness (QED) is 0.372. The molecule has 0 saturated heterocycles. The van der Waals surface area contributed by atoms with E-state index in [4.69, 9.17) is 15.9 Å². The number of hydrogen-bond acceptors (Lipinski definition) is 6. The normalized spacial score (nSPS) is 11.8. The lowest BCUT2D eigenvalue weighted by atomic mass is 10.0. The number of amidine groups is 1. The number of ether oxygens (including phenoxy) is 1. The van der Waals surface area contributed by atoms with E-state index in [1.807, 2.05) is 61.5 Å². The molecular weight excluding hydrogens is 348 g/mol. The van der Waals surface area contributed by atoms with Crippen LogP contribution in [0.5, 0.6) is 11.5 Å².